The Morgan fingerprint density at radius 1 is 1.12 bits per heavy atom. The second-order valence-electron chi connectivity index (χ2n) is 5.06. The van der Waals surface area contributed by atoms with Crippen LogP contribution in [0, 0.1) is 6.92 Å². The molecule has 0 aromatic heterocycles. The number of hydrogen-bond acceptors (Lipinski definition) is 5. The predicted octanol–water partition coefficient (Wildman–Crippen LogP) is 2.11. The Labute approximate surface area is 147 Å². The van der Waals surface area contributed by atoms with Crippen LogP contribution in [0.15, 0.2) is 45.8 Å². The molecule has 1 aliphatic rings. The van der Waals surface area contributed by atoms with Gasteiger partial charge < -0.3 is 9.47 Å². The summed E-state index contributed by atoms with van der Waals surface area (Å²) in [7, 11) is -3.91. The molecule has 0 fully saturated rings. The Morgan fingerprint density at radius 2 is 1.88 bits per heavy atom. The first-order valence-electron chi connectivity index (χ1n) is 6.85. The number of sulfonamides is 1. The van der Waals surface area contributed by atoms with Gasteiger partial charge in [-0.1, -0.05) is 6.07 Å². The molecule has 2 aromatic rings. The van der Waals surface area contributed by atoms with E-state index in [1.165, 1.54) is 18.2 Å². The molecule has 3 rings (SSSR count). The monoisotopic (exact) mass is 412 g/mol. The van der Waals surface area contributed by atoms with Crippen molar-refractivity contribution in [3.8, 4) is 11.5 Å². The third-order valence-corrected chi connectivity index (χ3v) is 5.53. The van der Waals surface area contributed by atoms with Crippen molar-refractivity contribution < 1.29 is 22.7 Å². The highest BCUT2D eigenvalue weighted by Crippen LogP contribution is 2.32. The smallest absolute Gasteiger partial charge is 0.266 e. The van der Waals surface area contributed by atoms with Crippen LogP contribution in [-0.2, 0) is 10.0 Å². The number of amides is 1. The Hall–Kier alpha value is -2.10. The highest BCUT2D eigenvalue weighted by atomic mass is 79.9. The summed E-state index contributed by atoms with van der Waals surface area (Å²) in [5, 5.41) is 0. The van der Waals surface area contributed by atoms with Crippen LogP contribution in [0.1, 0.15) is 15.9 Å². The standard InChI is InChI=1S/C15H13BrN2O5S/c1-9-2-5-14(11(16)6-9)24(20,21)18-17-15(19)10-3-4-12-13(7-10)23-8-22-12/h2-7,18H,8H2,1H3,(H,17,19). The zero-order chi connectivity index (χ0) is 17.3. The number of halogens is 1. The number of benzene rings is 2. The van der Waals surface area contributed by atoms with Gasteiger partial charge in [-0.15, -0.1) is 4.83 Å². The molecule has 126 valence electrons. The first kappa shape index (κ1) is 16.7. The third kappa shape index (κ3) is 3.37. The van der Waals surface area contributed by atoms with E-state index < -0.39 is 15.9 Å². The van der Waals surface area contributed by atoms with Crippen LogP contribution >= 0.6 is 15.9 Å². The normalized spacial score (nSPS) is 12.9. The molecule has 1 amide bonds. The predicted molar refractivity (Wildman–Crippen MR) is 89.2 cm³/mol. The summed E-state index contributed by atoms with van der Waals surface area (Å²) >= 11 is 3.21. The van der Waals surface area contributed by atoms with Crippen LogP contribution < -0.4 is 19.7 Å². The molecule has 0 spiro atoms. The highest BCUT2D eigenvalue weighted by molar-refractivity contribution is 9.10. The first-order chi connectivity index (χ1) is 11.4. The Balaban J connectivity index is 1.73. The number of ether oxygens (including phenoxy) is 2. The van der Waals surface area contributed by atoms with Crippen molar-refractivity contribution in [2.24, 2.45) is 0 Å². The van der Waals surface area contributed by atoms with E-state index in [4.69, 9.17) is 9.47 Å². The van der Waals surface area contributed by atoms with Crippen molar-refractivity contribution in [3.63, 3.8) is 0 Å². The summed E-state index contributed by atoms with van der Waals surface area (Å²) in [6, 6.07) is 9.37. The maximum absolute atomic E-state index is 12.3. The molecule has 1 aliphatic heterocycles. The minimum atomic E-state index is -3.91. The molecule has 0 saturated carbocycles. The fourth-order valence-corrected chi connectivity index (χ4v) is 4.13. The number of carbonyl (C=O) groups excluding carboxylic acids is 1. The second kappa shape index (κ2) is 6.42. The first-order valence-corrected chi connectivity index (χ1v) is 9.12. The lowest BCUT2D eigenvalue weighted by Crippen LogP contribution is -2.41. The fraction of sp³-hybridized carbons (Fsp3) is 0.133. The van der Waals surface area contributed by atoms with E-state index in [-0.39, 0.29) is 17.3 Å². The summed E-state index contributed by atoms with van der Waals surface area (Å²) in [5.41, 5.74) is 3.32. The second-order valence-corrected chi connectivity index (χ2v) is 7.57. The summed E-state index contributed by atoms with van der Waals surface area (Å²) in [4.78, 5) is 14.2. The summed E-state index contributed by atoms with van der Waals surface area (Å²) in [5.74, 6) is 0.364. The number of hydrazine groups is 1. The van der Waals surface area contributed by atoms with Crippen LogP contribution in [0.4, 0.5) is 0 Å². The van der Waals surface area contributed by atoms with Crippen molar-refractivity contribution in [3.05, 3.63) is 52.0 Å². The van der Waals surface area contributed by atoms with E-state index in [9.17, 15) is 13.2 Å². The van der Waals surface area contributed by atoms with Crippen molar-refractivity contribution in [2.45, 2.75) is 11.8 Å². The Kier molecular flexibility index (Phi) is 4.48. The molecule has 0 saturated heterocycles. The lowest BCUT2D eigenvalue weighted by molar-refractivity contribution is 0.0944. The number of fused-ring (bicyclic) bond motifs is 1. The molecule has 1 heterocycles. The Morgan fingerprint density at radius 3 is 2.62 bits per heavy atom. The van der Waals surface area contributed by atoms with Crippen LogP contribution in [-0.4, -0.2) is 21.1 Å². The van der Waals surface area contributed by atoms with Crippen molar-refractivity contribution in [2.75, 3.05) is 6.79 Å². The molecular formula is C15H13BrN2O5S. The molecule has 9 heteroatoms. The average Bonchev–Trinajstić information content (AvgIpc) is 2.99. The van der Waals surface area contributed by atoms with Crippen LogP contribution in [0.2, 0.25) is 0 Å². The number of carbonyl (C=O) groups is 1. The van der Waals surface area contributed by atoms with E-state index in [1.807, 2.05) is 6.92 Å². The van der Waals surface area contributed by atoms with E-state index in [2.05, 4.69) is 26.2 Å². The largest absolute Gasteiger partial charge is 0.454 e. The fourth-order valence-electron chi connectivity index (χ4n) is 2.10. The van der Waals surface area contributed by atoms with Gasteiger partial charge in [-0.3, -0.25) is 10.2 Å². The van der Waals surface area contributed by atoms with Gasteiger partial charge in [-0.25, -0.2) is 8.42 Å². The van der Waals surface area contributed by atoms with E-state index in [0.717, 1.165) is 5.56 Å². The van der Waals surface area contributed by atoms with Gasteiger partial charge in [0.1, 0.15) is 0 Å². The molecule has 0 bridgehead atoms. The number of hydrogen-bond donors (Lipinski definition) is 2. The molecule has 2 N–H and O–H groups in total. The van der Waals surface area contributed by atoms with Gasteiger partial charge in [0.25, 0.3) is 15.9 Å². The van der Waals surface area contributed by atoms with Gasteiger partial charge in [-0.2, -0.15) is 0 Å². The van der Waals surface area contributed by atoms with Crippen molar-refractivity contribution in [1.29, 1.82) is 0 Å². The van der Waals surface area contributed by atoms with Crippen molar-refractivity contribution >= 4 is 31.9 Å². The molecule has 0 atom stereocenters. The third-order valence-electron chi connectivity index (χ3n) is 3.31. The molecule has 2 aromatic carbocycles. The van der Waals surface area contributed by atoms with Gasteiger partial charge >= 0.3 is 0 Å². The summed E-state index contributed by atoms with van der Waals surface area (Å²) in [6.45, 7) is 1.94. The van der Waals surface area contributed by atoms with Crippen molar-refractivity contribution in [1.82, 2.24) is 10.3 Å². The van der Waals surface area contributed by atoms with Crippen LogP contribution in [0.5, 0.6) is 11.5 Å². The van der Waals surface area contributed by atoms with E-state index in [0.29, 0.717) is 16.0 Å². The van der Waals surface area contributed by atoms with Gasteiger partial charge in [0.2, 0.25) is 6.79 Å². The van der Waals surface area contributed by atoms with Gasteiger partial charge in [-0.05, 0) is 58.7 Å². The summed E-state index contributed by atoms with van der Waals surface area (Å²) in [6.07, 6.45) is 0. The molecule has 0 aliphatic carbocycles. The van der Waals surface area contributed by atoms with Gasteiger partial charge in [0.05, 0.1) is 4.90 Å². The number of nitrogens with one attached hydrogen (secondary N) is 2. The quantitative estimate of drug-likeness (QED) is 0.749. The number of aryl methyl sites for hydroxylation is 1. The van der Waals surface area contributed by atoms with Crippen LogP contribution in [0.3, 0.4) is 0 Å². The molecule has 0 radical (unpaired) electrons. The lowest BCUT2D eigenvalue weighted by Gasteiger charge is -2.10. The number of rotatable bonds is 4. The SMILES string of the molecule is Cc1ccc(S(=O)(=O)NNC(=O)c2ccc3c(c2)OCO3)c(Br)c1. The molecular weight excluding hydrogens is 400 g/mol. The lowest BCUT2D eigenvalue weighted by atomic mass is 10.2. The minimum absolute atomic E-state index is 0.0269. The average molecular weight is 413 g/mol. The molecule has 24 heavy (non-hydrogen) atoms. The topological polar surface area (TPSA) is 93.7 Å². The van der Waals surface area contributed by atoms with Gasteiger partial charge in [0, 0.05) is 10.0 Å². The van der Waals surface area contributed by atoms with Crippen LogP contribution in [0.25, 0.3) is 0 Å². The van der Waals surface area contributed by atoms with Gasteiger partial charge in [0.15, 0.2) is 11.5 Å². The maximum atomic E-state index is 12.3. The minimum Gasteiger partial charge on any atom is -0.454 e. The van der Waals surface area contributed by atoms with E-state index >= 15 is 0 Å². The molecule has 0 unspecified atom stereocenters. The zero-order valence-corrected chi connectivity index (χ0v) is 14.9. The highest BCUT2D eigenvalue weighted by Gasteiger charge is 2.20. The Bertz CT molecular complexity index is 914. The zero-order valence-electron chi connectivity index (χ0n) is 12.5. The summed E-state index contributed by atoms with van der Waals surface area (Å²) < 4.78 is 35.3. The van der Waals surface area contributed by atoms with E-state index in [1.54, 1.807) is 18.2 Å². The molecule has 7 nitrogen and oxygen atoms in total. The maximum Gasteiger partial charge on any atom is 0.266 e.